The number of hydrogen-bond acceptors (Lipinski definition) is 3. The number of benzene rings is 1. The zero-order valence-electron chi connectivity index (χ0n) is 11.1. The van der Waals surface area contributed by atoms with Crippen molar-refractivity contribution in [1.82, 2.24) is 4.72 Å². The minimum absolute atomic E-state index is 0.307. The molecule has 18 heavy (non-hydrogen) atoms. The topological polar surface area (TPSA) is 81.4 Å². The van der Waals surface area contributed by atoms with Gasteiger partial charge in [-0.3, -0.25) is 0 Å². The van der Waals surface area contributed by atoms with Gasteiger partial charge in [0.1, 0.15) is 5.75 Å². The van der Waals surface area contributed by atoms with Gasteiger partial charge in [-0.2, -0.15) is 13.1 Å². The highest BCUT2D eigenvalue weighted by Crippen LogP contribution is 2.34. The van der Waals surface area contributed by atoms with Gasteiger partial charge in [-0.25, -0.2) is 5.14 Å². The third-order valence-electron chi connectivity index (χ3n) is 2.58. The molecule has 0 spiro atoms. The minimum atomic E-state index is -3.77. The molecule has 1 aromatic carbocycles. The molecule has 0 heterocycles. The zero-order valence-corrected chi connectivity index (χ0v) is 11.9. The molecule has 0 aliphatic carbocycles. The van der Waals surface area contributed by atoms with Crippen molar-refractivity contribution in [2.45, 2.75) is 26.8 Å². The summed E-state index contributed by atoms with van der Waals surface area (Å²) in [5.41, 5.74) is 0.509. The first-order valence-electron chi connectivity index (χ1n) is 5.57. The average Bonchev–Trinajstić information content (AvgIpc) is 2.23. The fraction of sp³-hybridized carbons (Fsp3) is 0.500. The molecule has 1 rings (SSSR count). The lowest BCUT2D eigenvalue weighted by Crippen LogP contribution is -2.40. The number of methoxy groups -OCH3 is 1. The average molecular weight is 272 g/mol. The van der Waals surface area contributed by atoms with Gasteiger partial charge in [0.15, 0.2) is 0 Å². The van der Waals surface area contributed by atoms with E-state index in [1.165, 1.54) is 0 Å². The van der Waals surface area contributed by atoms with E-state index in [0.717, 1.165) is 5.56 Å². The SMILES string of the molecule is COc1cccc([C@H](NS(N)(=O)=O)C(C)(C)C)c1. The van der Waals surface area contributed by atoms with Crippen LogP contribution in [0.3, 0.4) is 0 Å². The lowest BCUT2D eigenvalue weighted by molar-refractivity contribution is 0.303. The molecule has 0 saturated carbocycles. The van der Waals surface area contributed by atoms with Crippen molar-refractivity contribution in [3.8, 4) is 5.75 Å². The Morgan fingerprint density at radius 3 is 2.39 bits per heavy atom. The van der Waals surface area contributed by atoms with Crippen molar-refractivity contribution >= 4 is 10.2 Å². The van der Waals surface area contributed by atoms with E-state index in [0.29, 0.717) is 5.75 Å². The lowest BCUT2D eigenvalue weighted by Gasteiger charge is -2.31. The van der Waals surface area contributed by atoms with Crippen LogP contribution < -0.4 is 14.6 Å². The van der Waals surface area contributed by atoms with Crippen molar-refractivity contribution in [2.75, 3.05) is 7.11 Å². The quantitative estimate of drug-likeness (QED) is 0.873. The zero-order chi connectivity index (χ0) is 14.0. The first kappa shape index (κ1) is 14.9. The van der Waals surface area contributed by atoms with Crippen LogP contribution >= 0.6 is 0 Å². The first-order chi connectivity index (χ1) is 8.13. The van der Waals surface area contributed by atoms with Gasteiger partial charge in [0, 0.05) is 0 Å². The van der Waals surface area contributed by atoms with Crippen molar-refractivity contribution in [1.29, 1.82) is 0 Å². The van der Waals surface area contributed by atoms with Crippen LogP contribution in [0.25, 0.3) is 0 Å². The summed E-state index contributed by atoms with van der Waals surface area (Å²) < 4.78 is 30.1. The Hall–Kier alpha value is -1.11. The van der Waals surface area contributed by atoms with Gasteiger partial charge in [0.05, 0.1) is 13.2 Å². The largest absolute Gasteiger partial charge is 0.497 e. The van der Waals surface area contributed by atoms with Crippen LogP contribution in [0.15, 0.2) is 24.3 Å². The van der Waals surface area contributed by atoms with Crippen LogP contribution in [-0.2, 0) is 10.2 Å². The molecule has 0 aromatic heterocycles. The molecular formula is C12H20N2O3S. The van der Waals surface area contributed by atoms with E-state index >= 15 is 0 Å². The van der Waals surface area contributed by atoms with Crippen LogP contribution in [0.4, 0.5) is 0 Å². The van der Waals surface area contributed by atoms with Crippen LogP contribution in [0.1, 0.15) is 32.4 Å². The van der Waals surface area contributed by atoms with Crippen LogP contribution in [0, 0.1) is 5.41 Å². The lowest BCUT2D eigenvalue weighted by atomic mass is 9.83. The number of nitrogens with two attached hydrogens (primary N) is 1. The molecule has 1 atom stereocenters. The third kappa shape index (κ3) is 4.29. The maximum Gasteiger partial charge on any atom is 0.274 e. The fourth-order valence-corrected chi connectivity index (χ4v) is 2.55. The molecular weight excluding hydrogens is 252 g/mol. The summed E-state index contributed by atoms with van der Waals surface area (Å²) in [6, 6.07) is 6.85. The summed E-state index contributed by atoms with van der Waals surface area (Å²) in [6.07, 6.45) is 0. The third-order valence-corrected chi connectivity index (χ3v) is 3.14. The summed E-state index contributed by atoms with van der Waals surface area (Å²) in [4.78, 5) is 0. The fourth-order valence-electron chi connectivity index (χ4n) is 1.73. The Bertz CT molecular complexity index is 506. The van der Waals surface area contributed by atoms with Gasteiger partial charge >= 0.3 is 0 Å². The van der Waals surface area contributed by atoms with Gasteiger partial charge in [0.2, 0.25) is 0 Å². The van der Waals surface area contributed by atoms with Crippen molar-refractivity contribution < 1.29 is 13.2 Å². The molecule has 5 nitrogen and oxygen atoms in total. The molecule has 0 fully saturated rings. The Balaban J connectivity index is 3.18. The molecule has 102 valence electrons. The first-order valence-corrected chi connectivity index (χ1v) is 7.12. The molecule has 3 N–H and O–H groups in total. The van der Waals surface area contributed by atoms with Gasteiger partial charge in [-0.15, -0.1) is 0 Å². The molecule has 6 heteroatoms. The maximum absolute atomic E-state index is 11.3. The molecule has 0 radical (unpaired) electrons. The van der Waals surface area contributed by atoms with E-state index in [1.54, 1.807) is 19.2 Å². The van der Waals surface area contributed by atoms with E-state index in [4.69, 9.17) is 9.88 Å². The van der Waals surface area contributed by atoms with Crippen molar-refractivity contribution in [2.24, 2.45) is 10.6 Å². The van der Waals surface area contributed by atoms with E-state index < -0.39 is 16.3 Å². The molecule has 0 bridgehead atoms. The predicted molar refractivity (Wildman–Crippen MR) is 71.4 cm³/mol. The summed E-state index contributed by atoms with van der Waals surface area (Å²) in [7, 11) is -2.20. The molecule has 0 amide bonds. The van der Waals surface area contributed by atoms with Gasteiger partial charge in [-0.05, 0) is 23.1 Å². The second kappa shape index (κ2) is 5.26. The molecule has 1 aromatic rings. The van der Waals surface area contributed by atoms with Crippen LogP contribution in [0.5, 0.6) is 5.75 Å². The highest BCUT2D eigenvalue weighted by atomic mass is 32.2. The van der Waals surface area contributed by atoms with E-state index in [2.05, 4.69) is 4.72 Å². The standard InChI is InChI=1S/C12H20N2O3S/c1-12(2,3)11(14-18(13,15)16)9-6-5-7-10(8-9)17-4/h5-8,11,14H,1-4H3,(H2,13,15,16)/t11-/m0/s1. The van der Waals surface area contributed by atoms with E-state index in [9.17, 15) is 8.42 Å². The number of hydrogen-bond donors (Lipinski definition) is 2. The smallest absolute Gasteiger partial charge is 0.274 e. The summed E-state index contributed by atoms with van der Waals surface area (Å²) in [5.74, 6) is 0.679. The molecule has 0 aliphatic heterocycles. The Labute approximate surface area is 109 Å². The summed E-state index contributed by atoms with van der Waals surface area (Å²) in [6.45, 7) is 5.82. The Kier molecular flexibility index (Phi) is 4.37. The van der Waals surface area contributed by atoms with Gasteiger partial charge in [0.25, 0.3) is 10.2 Å². The van der Waals surface area contributed by atoms with Gasteiger partial charge < -0.3 is 4.74 Å². The van der Waals surface area contributed by atoms with Crippen LogP contribution in [0.2, 0.25) is 0 Å². The Morgan fingerprint density at radius 2 is 1.94 bits per heavy atom. The van der Waals surface area contributed by atoms with Crippen molar-refractivity contribution in [3.05, 3.63) is 29.8 Å². The summed E-state index contributed by atoms with van der Waals surface area (Å²) in [5, 5.41) is 5.07. The second-order valence-electron chi connectivity index (χ2n) is 5.24. The molecule has 0 aliphatic rings. The van der Waals surface area contributed by atoms with Crippen molar-refractivity contribution in [3.63, 3.8) is 0 Å². The normalized spacial score (nSPS) is 14.3. The number of rotatable bonds is 4. The predicted octanol–water partition coefficient (Wildman–Crippen LogP) is 1.58. The highest BCUT2D eigenvalue weighted by Gasteiger charge is 2.29. The van der Waals surface area contributed by atoms with Gasteiger partial charge in [-0.1, -0.05) is 32.9 Å². The summed E-state index contributed by atoms with van der Waals surface area (Å²) >= 11 is 0. The molecule has 0 unspecified atom stereocenters. The Morgan fingerprint density at radius 1 is 1.33 bits per heavy atom. The second-order valence-corrected chi connectivity index (χ2v) is 6.56. The minimum Gasteiger partial charge on any atom is -0.497 e. The van der Waals surface area contributed by atoms with E-state index in [1.807, 2.05) is 32.9 Å². The monoisotopic (exact) mass is 272 g/mol. The van der Waals surface area contributed by atoms with E-state index in [-0.39, 0.29) is 5.41 Å². The highest BCUT2D eigenvalue weighted by molar-refractivity contribution is 7.87. The van der Waals surface area contributed by atoms with Crippen LogP contribution in [-0.4, -0.2) is 15.5 Å². The number of ether oxygens (including phenoxy) is 1. The number of nitrogens with one attached hydrogen (secondary N) is 1. The molecule has 0 saturated heterocycles. The maximum atomic E-state index is 11.3.